The van der Waals surface area contributed by atoms with Gasteiger partial charge in [-0.25, -0.2) is 4.68 Å². The maximum atomic E-state index is 11.8. The highest BCUT2D eigenvalue weighted by atomic mass is 16.1. The number of amides is 1. The van der Waals surface area contributed by atoms with Gasteiger partial charge in [0.25, 0.3) is 0 Å². The SMILES string of the molecule is CCCC(=O)N[C@@H]1CCCN(c2ccc(-n3ccc(C)n3)nn2)C1. The van der Waals surface area contributed by atoms with Crippen molar-refractivity contribution in [2.45, 2.75) is 45.6 Å². The summed E-state index contributed by atoms with van der Waals surface area (Å²) < 4.78 is 1.72. The van der Waals surface area contributed by atoms with Gasteiger partial charge in [0.2, 0.25) is 5.91 Å². The predicted molar refractivity (Wildman–Crippen MR) is 92.2 cm³/mol. The minimum Gasteiger partial charge on any atom is -0.353 e. The molecule has 0 saturated carbocycles. The molecule has 0 bridgehead atoms. The van der Waals surface area contributed by atoms with Gasteiger partial charge in [0, 0.05) is 31.7 Å². The zero-order valence-electron chi connectivity index (χ0n) is 14.3. The van der Waals surface area contributed by atoms with Crippen molar-refractivity contribution in [3.05, 3.63) is 30.1 Å². The third-order valence-electron chi connectivity index (χ3n) is 4.18. The molecule has 7 heteroatoms. The summed E-state index contributed by atoms with van der Waals surface area (Å²) in [5.74, 6) is 1.69. The van der Waals surface area contributed by atoms with E-state index in [2.05, 4.69) is 25.5 Å². The van der Waals surface area contributed by atoms with Gasteiger partial charge in [-0.2, -0.15) is 5.10 Å². The average molecular weight is 328 g/mol. The number of aryl methyl sites for hydroxylation is 1. The van der Waals surface area contributed by atoms with Crippen LogP contribution >= 0.6 is 0 Å². The van der Waals surface area contributed by atoms with Gasteiger partial charge in [-0.15, -0.1) is 10.2 Å². The van der Waals surface area contributed by atoms with Crippen molar-refractivity contribution in [1.82, 2.24) is 25.3 Å². The molecule has 0 aliphatic carbocycles. The van der Waals surface area contributed by atoms with Gasteiger partial charge in [-0.1, -0.05) is 6.92 Å². The summed E-state index contributed by atoms with van der Waals surface area (Å²) in [4.78, 5) is 14.0. The van der Waals surface area contributed by atoms with Crippen LogP contribution in [0.2, 0.25) is 0 Å². The maximum absolute atomic E-state index is 11.8. The Morgan fingerprint density at radius 3 is 2.75 bits per heavy atom. The molecule has 7 nitrogen and oxygen atoms in total. The van der Waals surface area contributed by atoms with Gasteiger partial charge in [0.05, 0.1) is 5.69 Å². The van der Waals surface area contributed by atoms with E-state index in [9.17, 15) is 4.79 Å². The number of carbonyl (C=O) groups is 1. The maximum Gasteiger partial charge on any atom is 0.220 e. The highest BCUT2D eigenvalue weighted by Crippen LogP contribution is 2.18. The van der Waals surface area contributed by atoms with Gasteiger partial charge in [-0.05, 0) is 44.4 Å². The lowest BCUT2D eigenvalue weighted by Gasteiger charge is -2.33. The topological polar surface area (TPSA) is 75.9 Å². The molecule has 1 amide bonds. The Labute approximate surface area is 142 Å². The van der Waals surface area contributed by atoms with Crippen molar-refractivity contribution in [2.75, 3.05) is 18.0 Å². The third kappa shape index (κ3) is 3.90. The Kier molecular flexibility index (Phi) is 5.08. The van der Waals surface area contributed by atoms with Gasteiger partial charge in [0.15, 0.2) is 11.6 Å². The van der Waals surface area contributed by atoms with Crippen LogP contribution in [0.15, 0.2) is 24.4 Å². The quantitative estimate of drug-likeness (QED) is 0.906. The first-order valence-corrected chi connectivity index (χ1v) is 8.56. The van der Waals surface area contributed by atoms with Crippen molar-refractivity contribution in [2.24, 2.45) is 0 Å². The molecule has 24 heavy (non-hydrogen) atoms. The lowest BCUT2D eigenvalue weighted by atomic mass is 10.1. The number of hydrogen-bond donors (Lipinski definition) is 1. The monoisotopic (exact) mass is 328 g/mol. The number of carbonyl (C=O) groups excluding carboxylic acids is 1. The van der Waals surface area contributed by atoms with E-state index >= 15 is 0 Å². The molecular weight excluding hydrogens is 304 g/mol. The minimum atomic E-state index is 0.139. The van der Waals surface area contributed by atoms with Crippen LogP contribution in [-0.4, -0.2) is 45.0 Å². The van der Waals surface area contributed by atoms with Crippen LogP contribution in [-0.2, 0) is 4.79 Å². The molecule has 3 rings (SSSR count). The van der Waals surface area contributed by atoms with Crippen molar-refractivity contribution in [1.29, 1.82) is 0 Å². The molecule has 3 heterocycles. The molecule has 0 spiro atoms. The first-order chi connectivity index (χ1) is 11.7. The van der Waals surface area contributed by atoms with E-state index in [-0.39, 0.29) is 11.9 Å². The molecule has 2 aromatic heterocycles. The first-order valence-electron chi connectivity index (χ1n) is 8.56. The molecule has 1 atom stereocenters. The summed E-state index contributed by atoms with van der Waals surface area (Å²) in [5.41, 5.74) is 0.947. The van der Waals surface area contributed by atoms with E-state index in [1.54, 1.807) is 4.68 Å². The van der Waals surface area contributed by atoms with Crippen molar-refractivity contribution < 1.29 is 4.79 Å². The second kappa shape index (κ2) is 7.42. The van der Waals surface area contributed by atoms with E-state index < -0.39 is 0 Å². The van der Waals surface area contributed by atoms with Crippen LogP contribution in [0.25, 0.3) is 5.82 Å². The van der Waals surface area contributed by atoms with Gasteiger partial charge < -0.3 is 10.2 Å². The first kappa shape index (κ1) is 16.4. The van der Waals surface area contributed by atoms with E-state index in [1.807, 2.05) is 38.2 Å². The van der Waals surface area contributed by atoms with Crippen LogP contribution in [0, 0.1) is 6.92 Å². The molecule has 2 aromatic rings. The van der Waals surface area contributed by atoms with Crippen LogP contribution in [0.3, 0.4) is 0 Å². The predicted octanol–water partition coefficient (Wildman–Crippen LogP) is 1.86. The fourth-order valence-corrected chi connectivity index (χ4v) is 2.98. The summed E-state index contributed by atoms with van der Waals surface area (Å²) in [6.45, 7) is 5.68. The minimum absolute atomic E-state index is 0.139. The zero-order chi connectivity index (χ0) is 16.9. The van der Waals surface area contributed by atoms with E-state index in [0.717, 1.165) is 43.9 Å². The molecule has 1 aliphatic heterocycles. The zero-order valence-corrected chi connectivity index (χ0v) is 14.3. The number of aromatic nitrogens is 4. The normalized spacial score (nSPS) is 17.8. The van der Waals surface area contributed by atoms with E-state index in [1.165, 1.54) is 0 Å². The molecule has 0 radical (unpaired) electrons. The van der Waals surface area contributed by atoms with Crippen LogP contribution < -0.4 is 10.2 Å². The van der Waals surface area contributed by atoms with Crippen molar-refractivity contribution in [3.8, 4) is 5.82 Å². The molecule has 1 N–H and O–H groups in total. The second-order valence-electron chi connectivity index (χ2n) is 6.25. The Bertz CT molecular complexity index is 681. The van der Waals surface area contributed by atoms with E-state index in [0.29, 0.717) is 12.2 Å². The molecular formula is C17H24N6O. The summed E-state index contributed by atoms with van der Waals surface area (Å²) in [7, 11) is 0. The number of hydrogen-bond acceptors (Lipinski definition) is 5. The lowest BCUT2D eigenvalue weighted by molar-refractivity contribution is -0.121. The third-order valence-corrected chi connectivity index (χ3v) is 4.18. The van der Waals surface area contributed by atoms with Crippen LogP contribution in [0.5, 0.6) is 0 Å². The molecule has 1 aliphatic rings. The molecule has 0 unspecified atom stereocenters. The second-order valence-corrected chi connectivity index (χ2v) is 6.25. The summed E-state index contributed by atoms with van der Waals surface area (Å²) in [6.07, 6.45) is 5.40. The molecule has 0 aromatic carbocycles. The van der Waals surface area contributed by atoms with Gasteiger partial charge in [0.1, 0.15) is 0 Å². The standard InChI is InChI=1S/C17H24N6O/c1-3-5-17(24)18-14-6-4-10-22(12-14)15-7-8-16(20-19-15)23-11-9-13(2)21-23/h7-9,11,14H,3-6,10,12H2,1-2H3,(H,18,24)/t14-/m1/s1. The summed E-state index contributed by atoms with van der Waals surface area (Å²) >= 11 is 0. The fourth-order valence-electron chi connectivity index (χ4n) is 2.98. The smallest absolute Gasteiger partial charge is 0.220 e. The number of nitrogens with zero attached hydrogens (tertiary/aromatic N) is 5. The fraction of sp³-hybridized carbons (Fsp3) is 0.529. The molecule has 1 fully saturated rings. The van der Waals surface area contributed by atoms with Crippen molar-refractivity contribution in [3.63, 3.8) is 0 Å². The molecule has 128 valence electrons. The Balaban J connectivity index is 1.64. The van der Waals surface area contributed by atoms with Crippen molar-refractivity contribution >= 4 is 11.7 Å². The Hall–Kier alpha value is -2.44. The Morgan fingerprint density at radius 1 is 1.29 bits per heavy atom. The number of nitrogens with one attached hydrogen (secondary N) is 1. The summed E-state index contributed by atoms with van der Waals surface area (Å²) in [6, 6.07) is 6.01. The van der Waals surface area contributed by atoms with Gasteiger partial charge in [-0.3, -0.25) is 4.79 Å². The average Bonchev–Trinajstić information content (AvgIpc) is 3.02. The highest BCUT2D eigenvalue weighted by molar-refractivity contribution is 5.76. The Morgan fingerprint density at radius 2 is 2.08 bits per heavy atom. The number of piperidine rings is 1. The number of rotatable bonds is 5. The summed E-state index contributed by atoms with van der Waals surface area (Å²) in [5, 5.41) is 16.1. The lowest BCUT2D eigenvalue weighted by Crippen LogP contribution is -2.48. The molecule has 1 saturated heterocycles. The largest absolute Gasteiger partial charge is 0.353 e. The van der Waals surface area contributed by atoms with E-state index in [4.69, 9.17) is 0 Å². The van der Waals surface area contributed by atoms with Crippen LogP contribution in [0.4, 0.5) is 5.82 Å². The van der Waals surface area contributed by atoms with Crippen LogP contribution in [0.1, 0.15) is 38.3 Å². The van der Waals surface area contributed by atoms with Gasteiger partial charge >= 0.3 is 0 Å². The highest BCUT2D eigenvalue weighted by Gasteiger charge is 2.22. The number of anilines is 1.